The van der Waals surface area contributed by atoms with Gasteiger partial charge in [-0.1, -0.05) is 5.16 Å². The van der Waals surface area contributed by atoms with Crippen LogP contribution < -0.4 is 4.72 Å². The largest absolute Gasteiger partial charge is 0.478 e. The van der Waals surface area contributed by atoms with Crippen LogP contribution in [0.15, 0.2) is 26.6 Å². The van der Waals surface area contributed by atoms with E-state index in [4.69, 9.17) is 5.11 Å². The normalized spacial score (nSPS) is 11.6. The van der Waals surface area contributed by atoms with Crippen LogP contribution in [0.25, 0.3) is 0 Å². The van der Waals surface area contributed by atoms with Gasteiger partial charge in [0.1, 0.15) is 4.21 Å². The first-order valence-electron chi connectivity index (χ1n) is 5.06. The summed E-state index contributed by atoms with van der Waals surface area (Å²) >= 11 is 0.852. The predicted octanol–water partition coefficient (Wildman–Crippen LogP) is 0.350. The van der Waals surface area contributed by atoms with Gasteiger partial charge in [-0.2, -0.15) is 4.98 Å². The molecule has 2 aromatic rings. The van der Waals surface area contributed by atoms with Gasteiger partial charge in [0.2, 0.25) is 16.4 Å². The minimum absolute atomic E-state index is 0.0435. The van der Waals surface area contributed by atoms with Crippen LogP contribution in [0, 0.1) is 0 Å². The van der Waals surface area contributed by atoms with Crippen molar-refractivity contribution >= 4 is 27.3 Å². The van der Waals surface area contributed by atoms with Crippen LogP contribution in [0.5, 0.6) is 0 Å². The van der Waals surface area contributed by atoms with Crippen LogP contribution in [0.3, 0.4) is 0 Å². The van der Waals surface area contributed by atoms with Crippen LogP contribution in [0.4, 0.5) is 0 Å². The number of nitrogens with zero attached hydrogens (tertiary/aromatic N) is 2. The highest BCUT2D eigenvalue weighted by atomic mass is 32.2. The third-order valence-corrected chi connectivity index (χ3v) is 5.04. The van der Waals surface area contributed by atoms with E-state index >= 15 is 0 Å². The number of nitrogens with one attached hydrogen (secondary N) is 1. The van der Waals surface area contributed by atoms with E-state index in [1.807, 2.05) is 0 Å². The molecule has 2 N–H and O–H groups in total. The maximum absolute atomic E-state index is 11.8. The molecule has 0 aliphatic heterocycles. The van der Waals surface area contributed by atoms with E-state index < -0.39 is 16.0 Å². The summed E-state index contributed by atoms with van der Waals surface area (Å²) in [5.41, 5.74) is -0.0523. The molecule has 102 valence electrons. The first kappa shape index (κ1) is 13.6. The van der Waals surface area contributed by atoms with Gasteiger partial charge in [-0.05, 0) is 6.07 Å². The van der Waals surface area contributed by atoms with Crippen molar-refractivity contribution in [3.63, 3.8) is 0 Å². The van der Waals surface area contributed by atoms with Crippen LogP contribution in [-0.4, -0.2) is 36.2 Å². The second-order valence-corrected chi connectivity index (χ2v) is 6.36. The Bertz CT molecular complexity index is 662. The smallest absolute Gasteiger partial charge is 0.336 e. The molecule has 0 radical (unpaired) electrons. The molecule has 0 saturated heterocycles. The second kappa shape index (κ2) is 5.47. The lowest BCUT2D eigenvalue weighted by Crippen LogP contribution is -2.25. The Hall–Kier alpha value is -1.78. The highest BCUT2D eigenvalue weighted by Crippen LogP contribution is 2.19. The molecule has 0 aromatic carbocycles. The fourth-order valence-electron chi connectivity index (χ4n) is 1.24. The van der Waals surface area contributed by atoms with Crippen LogP contribution >= 0.6 is 11.3 Å². The van der Waals surface area contributed by atoms with E-state index in [0.29, 0.717) is 5.82 Å². The van der Waals surface area contributed by atoms with E-state index in [-0.39, 0.29) is 22.7 Å². The summed E-state index contributed by atoms with van der Waals surface area (Å²) in [6.45, 7) is 0.0994. The summed E-state index contributed by atoms with van der Waals surface area (Å²) in [7, 11) is -3.71. The first-order valence-corrected chi connectivity index (χ1v) is 7.42. The van der Waals surface area contributed by atoms with Crippen molar-refractivity contribution in [3.05, 3.63) is 29.2 Å². The minimum Gasteiger partial charge on any atom is -0.478 e. The van der Waals surface area contributed by atoms with E-state index in [2.05, 4.69) is 19.4 Å². The lowest BCUT2D eigenvalue weighted by molar-refractivity contribution is 0.0697. The van der Waals surface area contributed by atoms with Crippen molar-refractivity contribution in [2.24, 2.45) is 0 Å². The van der Waals surface area contributed by atoms with Gasteiger partial charge in [0.15, 0.2) is 5.82 Å². The zero-order valence-corrected chi connectivity index (χ0v) is 11.1. The fraction of sp³-hybridized carbons (Fsp3) is 0.222. The van der Waals surface area contributed by atoms with Crippen molar-refractivity contribution in [2.75, 3.05) is 6.54 Å². The Kier molecular flexibility index (Phi) is 3.93. The van der Waals surface area contributed by atoms with Gasteiger partial charge in [0, 0.05) is 18.3 Å². The molecule has 8 nitrogen and oxygen atoms in total. The Balaban J connectivity index is 1.99. The summed E-state index contributed by atoms with van der Waals surface area (Å²) < 4.78 is 30.5. The van der Waals surface area contributed by atoms with Gasteiger partial charge in [0.05, 0.1) is 5.56 Å². The average Bonchev–Trinajstić information content (AvgIpc) is 2.99. The molecule has 0 amide bonds. The number of aromatic nitrogens is 2. The number of aromatic carboxylic acids is 1. The van der Waals surface area contributed by atoms with Crippen molar-refractivity contribution < 1.29 is 22.8 Å². The topological polar surface area (TPSA) is 122 Å². The molecule has 0 bridgehead atoms. The van der Waals surface area contributed by atoms with Gasteiger partial charge in [0.25, 0.3) is 0 Å². The summed E-state index contributed by atoms with van der Waals surface area (Å²) in [5, 5.41) is 13.5. The first-order chi connectivity index (χ1) is 8.99. The molecule has 0 spiro atoms. The Morgan fingerprint density at radius 1 is 1.53 bits per heavy atom. The Morgan fingerprint density at radius 3 is 2.89 bits per heavy atom. The predicted molar refractivity (Wildman–Crippen MR) is 64.5 cm³/mol. The third kappa shape index (κ3) is 3.36. The molecule has 2 aromatic heterocycles. The van der Waals surface area contributed by atoms with Crippen LogP contribution in [0.2, 0.25) is 0 Å². The standard InChI is InChI=1S/C9H9N3O5S2/c13-9(14)6-3-8(18-4-6)19(15,16)11-2-1-7-10-5-17-12-7/h3-5,11H,1-2H2,(H,13,14). The lowest BCUT2D eigenvalue weighted by atomic mass is 10.4. The number of carbonyl (C=O) groups is 1. The fourth-order valence-corrected chi connectivity index (χ4v) is 3.47. The minimum atomic E-state index is -3.71. The van der Waals surface area contributed by atoms with Gasteiger partial charge < -0.3 is 9.63 Å². The van der Waals surface area contributed by atoms with Crippen LogP contribution in [0.1, 0.15) is 16.2 Å². The zero-order chi connectivity index (χ0) is 13.9. The summed E-state index contributed by atoms with van der Waals surface area (Å²) in [6.07, 6.45) is 1.44. The molecule has 19 heavy (non-hydrogen) atoms. The van der Waals surface area contributed by atoms with Crippen LogP contribution in [-0.2, 0) is 16.4 Å². The highest BCUT2D eigenvalue weighted by molar-refractivity contribution is 7.91. The van der Waals surface area contributed by atoms with Gasteiger partial charge >= 0.3 is 5.97 Å². The molecule has 0 saturated carbocycles. The summed E-state index contributed by atoms with van der Waals surface area (Å²) in [6, 6.07) is 1.11. The molecule has 0 unspecified atom stereocenters. The SMILES string of the molecule is O=C(O)c1csc(S(=O)(=O)NCCc2ncon2)c1. The van der Waals surface area contributed by atoms with Crippen molar-refractivity contribution in [1.29, 1.82) is 0 Å². The van der Waals surface area contributed by atoms with Crippen molar-refractivity contribution in [1.82, 2.24) is 14.9 Å². The maximum atomic E-state index is 11.8. The van der Waals surface area contributed by atoms with E-state index in [9.17, 15) is 13.2 Å². The molecule has 10 heteroatoms. The number of thiophene rings is 1. The monoisotopic (exact) mass is 303 g/mol. The van der Waals surface area contributed by atoms with Gasteiger partial charge in [-0.3, -0.25) is 0 Å². The molecule has 0 aliphatic carbocycles. The van der Waals surface area contributed by atoms with Crippen molar-refractivity contribution in [2.45, 2.75) is 10.6 Å². The van der Waals surface area contributed by atoms with Gasteiger partial charge in [-0.15, -0.1) is 11.3 Å². The van der Waals surface area contributed by atoms with E-state index in [1.54, 1.807) is 0 Å². The second-order valence-electron chi connectivity index (χ2n) is 3.45. The Labute approximate surface area is 112 Å². The highest BCUT2D eigenvalue weighted by Gasteiger charge is 2.18. The molecule has 2 heterocycles. The van der Waals surface area contributed by atoms with E-state index in [0.717, 1.165) is 23.8 Å². The molecular formula is C9H9N3O5S2. The number of sulfonamides is 1. The molecule has 0 fully saturated rings. The molecule has 2 rings (SSSR count). The average molecular weight is 303 g/mol. The maximum Gasteiger partial charge on any atom is 0.336 e. The number of hydrogen-bond acceptors (Lipinski definition) is 7. The lowest BCUT2D eigenvalue weighted by Gasteiger charge is -2.02. The quantitative estimate of drug-likeness (QED) is 0.789. The van der Waals surface area contributed by atoms with E-state index in [1.165, 1.54) is 5.38 Å². The molecule has 0 atom stereocenters. The zero-order valence-electron chi connectivity index (χ0n) is 9.44. The molecule has 0 aliphatic rings. The Morgan fingerprint density at radius 2 is 2.32 bits per heavy atom. The summed E-state index contributed by atoms with van der Waals surface area (Å²) in [5.74, 6) is -0.774. The number of carboxylic acids is 1. The molecular weight excluding hydrogens is 294 g/mol. The number of rotatable bonds is 6. The number of carboxylic acid groups (broad SMARTS) is 1. The van der Waals surface area contributed by atoms with Crippen molar-refractivity contribution in [3.8, 4) is 0 Å². The third-order valence-electron chi connectivity index (χ3n) is 2.13. The number of hydrogen-bond donors (Lipinski definition) is 2. The van der Waals surface area contributed by atoms with Gasteiger partial charge in [-0.25, -0.2) is 17.9 Å². The summed E-state index contributed by atoms with van der Waals surface area (Å²) in [4.78, 5) is 14.4.